The van der Waals surface area contributed by atoms with E-state index >= 15 is 0 Å². The van der Waals surface area contributed by atoms with Gasteiger partial charge in [0.25, 0.3) is 0 Å². The summed E-state index contributed by atoms with van der Waals surface area (Å²) in [5.74, 6) is 0.857. The van der Waals surface area contributed by atoms with Gasteiger partial charge < -0.3 is 0 Å². The summed E-state index contributed by atoms with van der Waals surface area (Å²) in [6.45, 7) is 1.98. The number of rotatable bonds is 3. The summed E-state index contributed by atoms with van der Waals surface area (Å²) in [6, 6.07) is 8.97. The molecule has 1 aromatic carbocycles. The normalized spacial score (nSPS) is 10.5. The first-order chi connectivity index (χ1) is 6.34. The molecule has 13 heavy (non-hydrogen) atoms. The maximum absolute atomic E-state index is 11.4. The summed E-state index contributed by atoms with van der Waals surface area (Å²) in [5, 5.41) is 0. The Labute approximate surface area is 82.5 Å². The third kappa shape index (κ3) is 3.47. The van der Waals surface area contributed by atoms with E-state index in [0.29, 0.717) is 0 Å². The highest BCUT2D eigenvalue weighted by atomic mass is 32.2. The van der Waals surface area contributed by atoms with Crippen LogP contribution < -0.4 is 5.43 Å². The largest absolute Gasteiger partial charge is 0.289 e. The van der Waals surface area contributed by atoms with E-state index in [1.807, 2.05) is 37.3 Å². The van der Waals surface area contributed by atoms with Gasteiger partial charge in [-0.05, 0) is 19.1 Å². The van der Waals surface area contributed by atoms with E-state index in [9.17, 15) is 4.79 Å². The average Bonchev–Trinajstić information content (AvgIpc) is 2.32. The van der Waals surface area contributed by atoms with Gasteiger partial charge in [0.2, 0.25) is 0 Å². The van der Waals surface area contributed by atoms with Crippen LogP contribution >= 0.6 is 11.8 Å². The van der Waals surface area contributed by atoms with E-state index in [0.717, 1.165) is 10.6 Å². The average molecular weight is 192 g/mol. The minimum atomic E-state index is 0.0968. The van der Waals surface area contributed by atoms with Crippen molar-refractivity contribution in [3.05, 3.63) is 52.7 Å². The van der Waals surface area contributed by atoms with Crippen LogP contribution in [-0.4, -0.2) is 5.75 Å². The van der Waals surface area contributed by atoms with Crippen LogP contribution in [0.1, 0.15) is 6.92 Å². The van der Waals surface area contributed by atoms with Gasteiger partial charge in [-0.3, -0.25) is 4.79 Å². The topological polar surface area (TPSA) is 17.1 Å². The number of hydrogen-bond donors (Lipinski definition) is 0. The van der Waals surface area contributed by atoms with Crippen LogP contribution in [0.2, 0.25) is 0 Å². The third-order valence-corrected chi connectivity index (χ3v) is 2.54. The molecular formula is C11H12OS. The van der Waals surface area contributed by atoms with Crippen LogP contribution in [0.5, 0.6) is 0 Å². The van der Waals surface area contributed by atoms with Crippen molar-refractivity contribution >= 4 is 11.8 Å². The molecule has 0 aliphatic rings. The second-order valence-electron chi connectivity index (χ2n) is 2.52. The molecule has 0 saturated carbocycles. The quantitative estimate of drug-likeness (QED) is 0.541. The van der Waals surface area contributed by atoms with E-state index in [1.54, 1.807) is 23.9 Å². The fourth-order valence-corrected chi connectivity index (χ4v) is 1.72. The molecule has 0 fully saturated rings. The SMILES string of the molecule is CC=CCSc1cccccc1=O. The zero-order valence-electron chi connectivity index (χ0n) is 7.57. The molecular weight excluding hydrogens is 180 g/mol. The van der Waals surface area contributed by atoms with Gasteiger partial charge >= 0.3 is 0 Å². The molecule has 0 aromatic heterocycles. The lowest BCUT2D eigenvalue weighted by molar-refractivity contribution is 1.40. The standard InChI is InChI=1S/C11H12OS/c1-2-3-9-13-11-8-6-4-5-7-10(11)12/h2-8H,9H2,1H3. The highest BCUT2D eigenvalue weighted by molar-refractivity contribution is 7.99. The number of allylic oxidation sites excluding steroid dienone is 1. The molecule has 2 heteroatoms. The molecule has 0 heterocycles. The van der Waals surface area contributed by atoms with Crippen LogP contribution in [0.4, 0.5) is 0 Å². The molecule has 0 saturated heterocycles. The summed E-state index contributed by atoms with van der Waals surface area (Å²) in [4.78, 5) is 12.2. The lowest BCUT2D eigenvalue weighted by Gasteiger charge is -1.91. The van der Waals surface area contributed by atoms with Crippen LogP contribution in [0.3, 0.4) is 0 Å². The van der Waals surface area contributed by atoms with E-state index in [4.69, 9.17) is 0 Å². The molecule has 0 spiro atoms. The Hall–Kier alpha value is -1.02. The summed E-state index contributed by atoms with van der Waals surface area (Å²) in [7, 11) is 0. The Morgan fingerprint density at radius 2 is 2.08 bits per heavy atom. The molecule has 0 aliphatic heterocycles. The van der Waals surface area contributed by atoms with E-state index in [-0.39, 0.29) is 5.43 Å². The number of thioether (sulfide) groups is 1. The Bertz CT molecular complexity index is 344. The molecule has 1 nitrogen and oxygen atoms in total. The van der Waals surface area contributed by atoms with Gasteiger partial charge in [-0.2, -0.15) is 0 Å². The molecule has 68 valence electrons. The van der Waals surface area contributed by atoms with Crippen LogP contribution in [-0.2, 0) is 0 Å². The van der Waals surface area contributed by atoms with E-state index in [1.165, 1.54) is 0 Å². The Balaban J connectivity index is 2.78. The summed E-state index contributed by atoms with van der Waals surface area (Å²) in [6.07, 6.45) is 4.03. The predicted octanol–water partition coefficient (Wildman–Crippen LogP) is 2.72. The molecule has 1 rings (SSSR count). The first kappa shape index (κ1) is 10.1. The smallest absolute Gasteiger partial charge is 0.192 e. The maximum atomic E-state index is 11.4. The summed E-state index contributed by atoms with van der Waals surface area (Å²) < 4.78 is 0. The molecule has 0 amide bonds. The van der Waals surface area contributed by atoms with Crippen LogP contribution in [0, 0.1) is 0 Å². The van der Waals surface area contributed by atoms with Crippen LogP contribution in [0.15, 0.2) is 52.2 Å². The summed E-state index contributed by atoms with van der Waals surface area (Å²) in [5.41, 5.74) is 0.0968. The molecule has 0 unspecified atom stereocenters. The fraction of sp³-hybridized carbons (Fsp3) is 0.182. The predicted molar refractivity (Wildman–Crippen MR) is 58.3 cm³/mol. The first-order valence-electron chi connectivity index (χ1n) is 4.18. The zero-order chi connectivity index (χ0) is 9.52. The molecule has 0 bridgehead atoms. The minimum absolute atomic E-state index is 0.0968. The van der Waals surface area contributed by atoms with Crippen molar-refractivity contribution < 1.29 is 0 Å². The van der Waals surface area contributed by atoms with Gasteiger partial charge in [-0.25, -0.2) is 0 Å². The maximum Gasteiger partial charge on any atom is 0.192 e. The highest BCUT2D eigenvalue weighted by Crippen LogP contribution is 2.11. The second-order valence-corrected chi connectivity index (χ2v) is 3.58. The van der Waals surface area contributed by atoms with Crippen molar-refractivity contribution in [3.63, 3.8) is 0 Å². The second kappa shape index (κ2) is 5.60. The summed E-state index contributed by atoms with van der Waals surface area (Å²) >= 11 is 1.57. The van der Waals surface area contributed by atoms with E-state index < -0.39 is 0 Å². The first-order valence-corrected chi connectivity index (χ1v) is 5.16. The Morgan fingerprint density at radius 1 is 1.31 bits per heavy atom. The van der Waals surface area contributed by atoms with E-state index in [2.05, 4.69) is 0 Å². The Kier molecular flexibility index (Phi) is 4.33. The van der Waals surface area contributed by atoms with Gasteiger partial charge in [-0.15, -0.1) is 11.8 Å². The van der Waals surface area contributed by atoms with Gasteiger partial charge in [0.05, 0.1) is 4.90 Å². The van der Waals surface area contributed by atoms with Crippen molar-refractivity contribution in [1.82, 2.24) is 0 Å². The molecule has 1 aromatic rings. The van der Waals surface area contributed by atoms with Crippen molar-refractivity contribution in [1.29, 1.82) is 0 Å². The lowest BCUT2D eigenvalue weighted by Crippen LogP contribution is -1.96. The van der Waals surface area contributed by atoms with Crippen molar-refractivity contribution in [2.24, 2.45) is 0 Å². The van der Waals surface area contributed by atoms with Crippen molar-refractivity contribution in [2.75, 3.05) is 5.75 Å². The molecule has 0 atom stereocenters. The number of hydrogen-bond acceptors (Lipinski definition) is 2. The van der Waals surface area contributed by atoms with Crippen molar-refractivity contribution in [3.8, 4) is 0 Å². The van der Waals surface area contributed by atoms with Gasteiger partial charge in [0.15, 0.2) is 5.43 Å². The molecule has 0 radical (unpaired) electrons. The van der Waals surface area contributed by atoms with Gasteiger partial charge in [0.1, 0.15) is 0 Å². The molecule has 0 aliphatic carbocycles. The highest BCUT2D eigenvalue weighted by Gasteiger charge is 1.93. The Morgan fingerprint density at radius 3 is 2.85 bits per heavy atom. The fourth-order valence-electron chi connectivity index (χ4n) is 0.868. The minimum Gasteiger partial charge on any atom is -0.289 e. The zero-order valence-corrected chi connectivity index (χ0v) is 8.38. The monoisotopic (exact) mass is 192 g/mol. The molecule has 0 N–H and O–H groups in total. The lowest BCUT2D eigenvalue weighted by atomic mass is 10.5. The van der Waals surface area contributed by atoms with Gasteiger partial charge in [0, 0.05) is 5.75 Å². The van der Waals surface area contributed by atoms with Gasteiger partial charge in [-0.1, -0.05) is 30.4 Å². The third-order valence-electron chi connectivity index (χ3n) is 1.53. The van der Waals surface area contributed by atoms with Crippen LogP contribution in [0.25, 0.3) is 0 Å². The van der Waals surface area contributed by atoms with Crippen molar-refractivity contribution in [2.45, 2.75) is 11.8 Å².